The number of hydrogen-bond donors (Lipinski definition) is 1. The predicted octanol–water partition coefficient (Wildman–Crippen LogP) is 4.23. The lowest BCUT2D eigenvalue weighted by Crippen LogP contribution is -2.26. The first-order valence-corrected chi connectivity index (χ1v) is 8.21. The molecule has 112 valence electrons. The van der Waals surface area contributed by atoms with E-state index in [1.165, 1.54) is 44.3 Å². The van der Waals surface area contributed by atoms with Gasteiger partial charge in [-0.3, -0.25) is 4.90 Å². The highest BCUT2D eigenvalue weighted by Crippen LogP contribution is 2.35. The zero-order valence-electron chi connectivity index (χ0n) is 13.2. The molecule has 0 amide bonds. The van der Waals surface area contributed by atoms with E-state index in [0.29, 0.717) is 12.1 Å². The molecule has 1 saturated heterocycles. The number of nitrogens with zero attached hydrogens (tertiary/aromatic N) is 2. The van der Waals surface area contributed by atoms with E-state index in [-0.39, 0.29) is 0 Å². The zero-order chi connectivity index (χ0) is 14.4. The minimum Gasteiger partial charge on any atom is -0.367 e. The zero-order valence-corrected chi connectivity index (χ0v) is 13.2. The lowest BCUT2D eigenvalue weighted by molar-refractivity contribution is 0.253. The Hall–Kier alpha value is -1.09. The van der Waals surface area contributed by atoms with Gasteiger partial charge in [0.1, 0.15) is 5.82 Å². The summed E-state index contributed by atoms with van der Waals surface area (Å²) < 4.78 is 0. The summed E-state index contributed by atoms with van der Waals surface area (Å²) in [6, 6.07) is 5.37. The number of aromatic nitrogens is 1. The molecule has 3 heteroatoms. The fraction of sp³-hybridized carbons (Fsp3) is 0.706. The number of nitrogens with one attached hydrogen (secondary N) is 1. The Morgan fingerprint density at radius 3 is 3.05 bits per heavy atom. The molecule has 0 unspecified atom stereocenters. The Labute approximate surface area is 123 Å². The van der Waals surface area contributed by atoms with Crippen LogP contribution < -0.4 is 5.32 Å². The van der Waals surface area contributed by atoms with Gasteiger partial charge >= 0.3 is 0 Å². The molecule has 1 aliphatic rings. The van der Waals surface area contributed by atoms with Gasteiger partial charge in [-0.2, -0.15) is 0 Å². The highest BCUT2D eigenvalue weighted by atomic mass is 15.2. The van der Waals surface area contributed by atoms with Crippen LogP contribution in [-0.4, -0.2) is 29.0 Å². The van der Waals surface area contributed by atoms with Crippen LogP contribution in [0.3, 0.4) is 0 Å². The molecular formula is C17H29N3. The van der Waals surface area contributed by atoms with E-state index in [2.05, 4.69) is 48.1 Å². The van der Waals surface area contributed by atoms with Crippen LogP contribution in [0.5, 0.6) is 0 Å². The number of anilines is 1. The van der Waals surface area contributed by atoms with E-state index in [0.717, 1.165) is 12.2 Å². The average molecular weight is 275 g/mol. The first kappa shape index (κ1) is 15.3. The van der Waals surface area contributed by atoms with Gasteiger partial charge in [0.15, 0.2) is 0 Å². The van der Waals surface area contributed by atoms with Crippen molar-refractivity contribution in [3.05, 3.63) is 23.9 Å². The summed E-state index contributed by atoms with van der Waals surface area (Å²) in [5.41, 5.74) is 1.39. The fourth-order valence-electron chi connectivity index (χ4n) is 2.95. The van der Waals surface area contributed by atoms with Gasteiger partial charge in [0.25, 0.3) is 0 Å². The van der Waals surface area contributed by atoms with Gasteiger partial charge < -0.3 is 5.32 Å². The topological polar surface area (TPSA) is 28.2 Å². The van der Waals surface area contributed by atoms with Crippen molar-refractivity contribution in [3.8, 4) is 0 Å². The Bertz CT molecular complexity index is 405. The van der Waals surface area contributed by atoms with Crippen LogP contribution in [0, 0.1) is 0 Å². The number of hydrogen-bond acceptors (Lipinski definition) is 3. The first-order chi connectivity index (χ1) is 9.76. The molecule has 0 saturated carbocycles. The normalized spacial score (nSPS) is 21.1. The van der Waals surface area contributed by atoms with Gasteiger partial charge in [-0.05, 0) is 51.8 Å². The molecule has 1 aliphatic heterocycles. The summed E-state index contributed by atoms with van der Waals surface area (Å²) in [5, 5.41) is 3.58. The van der Waals surface area contributed by atoms with Crippen LogP contribution in [-0.2, 0) is 0 Å². The molecule has 20 heavy (non-hydrogen) atoms. The molecule has 1 aromatic rings. The maximum Gasteiger partial charge on any atom is 0.130 e. The fourth-order valence-corrected chi connectivity index (χ4v) is 2.95. The summed E-state index contributed by atoms with van der Waals surface area (Å²) in [7, 11) is 0. The number of rotatable bonds is 7. The summed E-state index contributed by atoms with van der Waals surface area (Å²) in [6.07, 6.45) is 8.18. The third-order valence-corrected chi connectivity index (χ3v) is 4.36. The quantitative estimate of drug-likeness (QED) is 0.807. The monoisotopic (exact) mass is 275 g/mol. The van der Waals surface area contributed by atoms with Crippen LogP contribution in [0.1, 0.15) is 64.5 Å². The van der Waals surface area contributed by atoms with Gasteiger partial charge in [0.2, 0.25) is 0 Å². The molecule has 3 nitrogen and oxygen atoms in total. The molecule has 2 rings (SSSR count). The highest BCUT2D eigenvalue weighted by Gasteiger charge is 2.27. The van der Waals surface area contributed by atoms with Gasteiger partial charge in [-0.1, -0.05) is 26.3 Å². The van der Waals surface area contributed by atoms with Crippen molar-refractivity contribution in [2.75, 3.05) is 18.4 Å². The van der Waals surface area contributed by atoms with Crippen molar-refractivity contribution in [2.45, 2.75) is 65.0 Å². The third kappa shape index (κ3) is 3.72. The van der Waals surface area contributed by atoms with Crippen LogP contribution in [0.4, 0.5) is 5.82 Å². The number of likely N-dealkylation sites (tertiary alicyclic amines) is 1. The Balaban J connectivity index is 2.14. The molecule has 0 spiro atoms. The Kier molecular flexibility index (Phi) is 5.84. The average Bonchev–Trinajstić information content (AvgIpc) is 2.93. The van der Waals surface area contributed by atoms with Crippen molar-refractivity contribution in [3.63, 3.8) is 0 Å². The first-order valence-electron chi connectivity index (χ1n) is 8.21. The van der Waals surface area contributed by atoms with Crippen molar-refractivity contribution >= 4 is 5.82 Å². The molecule has 0 bridgehead atoms. The molecule has 1 N–H and O–H groups in total. The Morgan fingerprint density at radius 2 is 2.30 bits per heavy atom. The maximum atomic E-state index is 4.59. The van der Waals surface area contributed by atoms with Crippen molar-refractivity contribution in [1.82, 2.24) is 9.88 Å². The highest BCUT2D eigenvalue weighted by molar-refractivity contribution is 5.46. The van der Waals surface area contributed by atoms with E-state index in [4.69, 9.17) is 0 Å². The Morgan fingerprint density at radius 1 is 1.45 bits per heavy atom. The minimum atomic E-state index is 0.481. The van der Waals surface area contributed by atoms with E-state index in [1.807, 2.05) is 6.20 Å². The number of pyridine rings is 1. The lowest BCUT2D eigenvalue weighted by atomic mass is 10.0. The standard InChI is InChI=1S/C17H29N3/c1-4-6-12-20-13-8-10-16(20)15-9-7-11-18-17(15)19-14(3)5-2/h7,9,11,14,16H,4-6,8,10,12-13H2,1-3H3,(H,18,19)/t14-,16-/m1/s1. The van der Waals surface area contributed by atoms with Crippen LogP contribution in [0.25, 0.3) is 0 Å². The molecule has 0 aliphatic carbocycles. The predicted molar refractivity (Wildman–Crippen MR) is 86.1 cm³/mol. The summed E-state index contributed by atoms with van der Waals surface area (Å²) in [6.45, 7) is 9.16. The van der Waals surface area contributed by atoms with Crippen LogP contribution >= 0.6 is 0 Å². The van der Waals surface area contributed by atoms with Crippen molar-refractivity contribution in [1.29, 1.82) is 0 Å². The second-order valence-electron chi connectivity index (χ2n) is 5.94. The third-order valence-electron chi connectivity index (χ3n) is 4.36. The molecule has 1 fully saturated rings. The van der Waals surface area contributed by atoms with E-state index < -0.39 is 0 Å². The van der Waals surface area contributed by atoms with Gasteiger partial charge in [0.05, 0.1) is 0 Å². The van der Waals surface area contributed by atoms with Crippen molar-refractivity contribution < 1.29 is 0 Å². The molecule has 2 atom stereocenters. The van der Waals surface area contributed by atoms with Gasteiger partial charge in [-0.15, -0.1) is 0 Å². The second kappa shape index (κ2) is 7.63. The van der Waals surface area contributed by atoms with Crippen molar-refractivity contribution in [2.24, 2.45) is 0 Å². The van der Waals surface area contributed by atoms with E-state index in [1.54, 1.807) is 0 Å². The minimum absolute atomic E-state index is 0.481. The molecular weight excluding hydrogens is 246 g/mol. The summed E-state index contributed by atoms with van der Waals surface area (Å²) in [4.78, 5) is 7.23. The largest absolute Gasteiger partial charge is 0.367 e. The smallest absolute Gasteiger partial charge is 0.130 e. The molecule has 1 aromatic heterocycles. The molecule has 0 radical (unpaired) electrons. The molecule has 2 heterocycles. The van der Waals surface area contributed by atoms with E-state index in [9.17, 15) is 0 Å². The SMILES string of the molecule is CCCCN1CCC[C@@H]1c1cccnc1N[C@H](C)CC. The van der Waals surface area contributed by atoms with Gasteiger partial charge in [-0.25, -0.2) is 4.98 Å². The molecule has 0 aromatic carbocycles. The van der Waals surface area contributed by atoms with Crippen LogP contribution in [0.2, 0.25) is 0 Å². The van der Waals surface area contributed by atoms with Crippen LogP contribution in [0.15, 0.2) is 18.3 Å². The summed E-state index contributed by atoms with van der Waals surface area (Å²) in [5.74, 6) is 1.09. The number of unbranched alkanes of at least 4 members (excludes halogenated alkanes) is 1. The maximum absolute atomic E-state index is 4.59. The lowest BCUT2D eigenvalue weighted by Gasteiger charge is -2.27. The summed E-state index contributed by atoms with van der Waals surface area (Å²) >= 11 is 0. The van der Waals surface area contributed by atoms with Gasteiger partial charge in [0, 0.05) is 23.8 Å². The second-order valence-corrected chi connectivity index (χ2v) is 5.94. The van der Waals surface area contributed by atoms with E-state index >= 15 is 0 Å².